The van der Waals surface area contributed by atoms with E-state index in [2.05, 4.69) is 11.9 Å². The minimum Gasteiger partial charge on any atom is -0.477 e. The number of thiazole rings is 1. The van der Waals surface area contributed by atoms with Crippen LogP contribution in [0.5, 0.6) is 0 Å². The second-order valence-electron chi connectivity index (χ2n) is 5.38. The van der Waals surface area contributed by atoms with E-state index in [0.717, 1.165) is 12.8 Å². The zero-order valence-corrected chi connectivity index (χ0v) is 12.5. The van der Waals surface area contributed by atoms with E-state index in [9.17, 15) is 18.0 Å². The van der Waals surface area contributed by atoms with Gasteiger partial charge in [-0.05, 0) is 31.6 Å². The molecule has 0 aromatic carbocycles. The van der Waals surface area contributed by atoms with Gasteiger partial charge in [-0.2, -0.15) is 13.2 Å². The molecule has 4 nitrogen and oxygen atoms in total. The zero-order valence-electron chi connectivity index (χ0n) is 11.7. The van der Waals surface area contributed by atoms with Crippen molar-refractivity contribution in [2.24, 2.45) is 5.92 Å². The summed E-state index contributed by atoms with van der Waals surface area (Å²) >= 11 is 0.570. The molecule has 0 bridgehead atoms. The fourth-order valence-electron chi connectivity index (χ4n) is 2.59. The standard InChI is InChI=1S/C13H16F3NO3S/c1-7-3-5-12(20-2,6-4-7)11-17-9(13(14,15)16)8(21-11)10(18)19/h7H,3-6H2,1-2H3,(H,18,19). The SMILES string of the molecule is COC1(c2nc(C(F)(F)F)c(C(=O)O)s2)CCC(C)CC1. The molecule has 0 saturated heterocycles. The van der Waals surface area contributed by atoms with E-state index in [1.165, 1.54) is 7.11 Å². The molecule has 0 amide bonds. The molecule has 1 heterocycles. The third-order valence-corrected chi connectivity index (χ3v) is 5.18. The summed E-state index contributed by atoms with van der Waals surface area (Å²) in [7, 11) is 1.44. The summed E-state index contributed by atoms with van der Waals surface area (Å²) in [5, 5.41) is 9.08. The van der Waals surface area contributed by atoms with Gasteiger partial charge in [-0.3, -0.25) is 0 Å². The molecule has 2 rings (SSSR count). The van der Waals surface area contributed by atoms with Gasteiger partial charge in [-0.1, -0.05) is 6.92 Å². The second-order valence-corrected chi connectivity index (χ2v) is 6.38. The van der Waals surface area contributed by atoms with Gasteiger partial charge in [0.25, 0.3) is 0 Å². The van der Waals surface area contributed by atoms with Crippen LogP contribution in [0.4, 0.5) is 13.2 Å². The quantitative estimate of drug-likeness (QED) is 0.916. The second kappa shape index (κ2) is 5.57. The van der Waals surface area contributed by atoms with Crippen molar-refractivity contribution in [2.75, 3.05) is 7.11 Å². The lowest BCUT2D eigenvalue weighted by Crippen LogP contribution is -2.33. The summed E-state index contributed by atoms with van der Waals surface area (Å²) in [5.41, 5.74) is -2.23. The summed E-state index contributed by atoms with van der Waals surface area (Å²) in [6.45, 7) is 2.07. The van der Waals surface area contributed by atoms with E-state index in [4.69, 9.17) is 9.84 Å². The molecule has 0 aliphatic heterocycles. The average Bonchev–Trinajstić information content (AvgIpc) is 2.86. The van der Waals surface area contributed by atoms with E-state index in [0.29, 0.717) is 30.1 Å². The minimum absolute atomic E-state index is 0.113. The minimum atomic E-state index is -4.78. The summed E-state index contributed by atoms with van der Waals surface area (Å²) < 4.78 is 44.2. The Hall–Kier alpha value is -1.15. The Balaban J connectivity index is 2.46. The molecule has 1 aliphatic carbocycles. The van der Waals surface area contributed by atoms with Gasteiger partial charge in [0.1, 0.15) is 15.5 Å². The van der Waals surface area contributed by atoms with Crippen molar-refractivity contribution in [1.82, 2.24) is 4.98 Å². The molecule has 1 aliphatic rings. The van der Waals surface area contributed by atoms with Crippen LogP contribution in [-0.4, -0.2) is 23.2 Å². The van der Waals surface area contributed by atoms with Crippen molar-refractivity contribution < 1.29 is 27.8 Å². The smallest absolute Gasteiger partial charge is 0.435 e. The van der Waals surface area contributed by atoms with Crippen LogP contribution >= 0.6 is 11.3 Å². The molecule has 1 saturated carbocycles. The normalized spacial score (nSPS) is 26.8. The van der Waals surface area contributed by atoms with Crippen molar-refractivity contribution in [3.63, 3.8) is 0 Å². The molecular formula is C13H16F3NO3S. The summed E-state index contributed by atoms with van der Waals surface area (Å²) in [6, 6.07) is 0. The molecule has 0 unspecified atom stereocenters. The molecule has 0 radical (unpaired) electrons. The molecule has 1 N–H and O–H groups in total. The average molecular weight is 323 g/mol. The van der Waals surface area contributed by atoms with Crippen LogP contribution in [0.1, 0.15) is 53.0 Å². The molecule has 21 heavy (non-hydrogen) atoms. The molecule has 1 aromatic rings. The van der Waals surface area contributed by atoms with Gasteiger partial charge in [0, 0.05) is 7.11 Å². The molecule has 0 atom stereocenters. The van der Waals surface area contributed by atoms with Crippen molar-refractivity contribution in [2.45, 2.75) is 44.4 Å². The first kappa shape index (κ1) is 16.2. The van der Waals surface area contributed by atoms with Gasteiger partial charge >= 0.3 is 12.1 Å². The van der Waals surface area contributed by atoms with E-state index in [1.807, 2.05) is 0 Å². The Labute approximate surface area is 124 Å². The fourth-order valence-corrected chi connectivity index (χ4v) is 3.73. The first-order valence-electron chi connectivity index (χ1n) is 6.56. The van der Waals surface area contributed by atoms with Gasteiger partial charge in [0.05, 0.1) is 0 Å². The summed E-state index contributed by atoms with van der Waals surface area (Å²) in [6.07, 6.45) is -2.04. The van der Waals surface area contributed by atoms with Crippen LogP contribution in [0.15, 0.2) is 0 Å². The van der Waals surface area contributed by atoms with Gasteiger partial charge in [0.2, 0.25) is 0 Å². The third-order valence-electron chi connectivity index (χ3n) is 3.95. The van der Waals surface area contributed by atoms with E-state index >= 15 is 0 Å². The number of hydrogen-bond donors (Lipinski definition) is 1. The number of nitrogens with zero attached hydrogens (tertiary/aromatic N) is 1. The largest absolute Gasteiger partial charge is 0.477 e. The van der Waals surface area contributed by atoms with Crippen LogP contribution in [0.2, 0.25) is 0 Å². The number of hydrogen-bond acceptors (Lipinski definition) is 4. The lowest BCUT2D eigenvalue weighted by atomic mass is 9.80. The maximum atomic E-state index is 12.9. The zero-order chi connectivity index (χ0) is 15.8. The fraction of sp³-hybridized carbons (Fsp3) is 0.692. The number of aromatic nitrogens is 1. The highest BCUT2D eigenvalue weighted by molar-refractivity contribution is 7.13. The number of alkyl halides is 3. The Bertz CT molecular complexity index is 533. The van der Waals surface area contributed by atoms with Crippen LogP contribution in [0.3, 0.4) is 0 Å². The number of rotatable bonds is 3. The van der Waals surface area contributed by atoms with E-state index in [1.54, 1.807) is 0 Å². The van der Waals surface area contributed by atoms with Crippen molar-refractivity contribution in [1.29, 1.82) is 0 Å². The number of aromatic carboxylic acids is 1. The maximum Gasteiger partial charge on any atom is 0.435 e. The van der Waals surface area contributed by atoms with Gasteiger partial charge in [-0.25, -0.2) is 9.78 Å². The lowest BCUT2D eigenvalue weighted by molar-refractivity contribution is -0.141. The van der Waals surface area contributed by atoms with Crippen LogP contribution in [0.25, 0.3) is 0 Å². The van der Waals surface area contributed by atoms with Gasteiger partial charge in [0.15, 0.2) is 5.69 Å². The predicted molar refractivity (Wildman–Crippen MR) is 70.4 cm³/mol. The molecule has 1 fully saturated rings. The molecule has 0 spiro atoms. The molecule has 8 heteroatoms. The predicted octanol–water partition coefficient (Wildman–Crippen LogP) is 3.91. The Morgan fingerprint density at radius 3 is 2.38 bits per heavy atom. The first-order chi connectivity index (χ1) is 9.69. The number of carboxylic acid groups (broad SMARTS) is 1. The number of carboxylic acids is 1. The van der Waals surface area contributed by atoms with Gasteiger partial charge < -0.3 is 9.84 Å². The van der Waals surface area contributed by atoms with E-state index in [-0.39, 0.29) is 5.01 Å². The Kier molecular flexibility index (Phi) is 4.30. The van der Waals surface area contributed by atoms with Crippen LogP contribution in [0, 0.1) is 5.92 Å². The number of carbonyl (C=O) groups is 1. The monoisotopic (exact) mass is 323 g/mol. The number of halogens is 3. The topological polar surface area (TPSA) is 59.4 Å². The summed E-state index contributed by atoms with van der Waals surface area (Å²) in [5.74, 6) is -1.13. The highest BCUT2D eigenvalue weighted by atomic mass is 32.1. The highest BCUT2D eigenvalue weighted by Gasteiger charge is 2.45. The highest BCUT2D eigenvalue weighted by Crippen LogP contribution is 2.46. The van der Waals surface area contributed by atoms with Crippen molar-refractivity contribution in [3.05, 3.63) is 15.6 Å². The molecule has 118 valence electrons. The van der Waals surface area contributed by atoms with E-state index < -0.39 is 28.3 Å². The summed E-state index contributed by atoms with van der Waals surface area (Å²) in [4.78, 5) is 13.9. The van der Waals surface area contributed by atoms with Gasteiger partial charge in [-0.15, -0.1) is 11.3 Å². The molecule has 1 aromatic heterocycles. The van der Waals surface area contributed by atoms with Crippen LogP contribution in [-0.2, 0) is 16.5 Å². The third kappa shape index (κ3) is 3.06. The first-order valence-corrected chi connectivity index (χ1v) is 7.38. The lowest BCUT2D eigenvalue weighted by Gasteiger charge is -2.36. The Morgan fingerprint density at radius 2 is 2.00 bits per heavy atom. The number of methoxy groups -OCH3 is 1. The Morgan fingerprint density at radius 1 is 1.43 bits per heavy atom. The van der Waals surface area contributed by atoms with Crippen LogP contribution < -0.4 is 0 Å². The van der Waals surface area contributed by atoms with Crippen molar-refractivity contribution in [3.8, 4) is 0 Å². The van der Waals surface area contributed by atoms with Crippen molar-refractivity contribution >= 4 is 17.3 Å². The number of ether oxygens (including phenoxy) is 1. The molecular weight excluding hydrogens is 307 g/mol. The maximum absolute atomic E-state index is 12.9.